The number of carbonyl (C=O) groups is 2. The number of nitrogens with one attached hydrogen (secondary N) is 2. The second-order valence-corrected chi connectivity index (χ2v) is 6.71. The van der Waals surface area contributed by atoms with Crippen molar-refractivity contribution in [3.05, 3.63) is 35.6 Å². The molecule has 1 aromatic carbocycles. The largest absolute Gasteiger partial charge is 0.359 e. The van der Waals surface area contributed by atoms with Gasteiger partial charge in [0.1, 0.15) is 5.82 Å². The molecule has 2 amide bonds. The van der Waals surface area contributed by atoms with Crippen LogP contribution in [-0.4, -0.2) is 49.4 Å². The van der Waals surface area contributed by atoms with Gasteiger partial charge in [-0.1, -0.05) is 12.1 Å². The summed E-state index contributed by atoms with van der Waals surface area (Å²) in [7, 11) is 3.67. The van der Waals surface area contributed by atoms with E-state index in [0.717, 1.165) is 31.2 Å². The molecule has 0 unspecified atom stereocenters. The molecule has 2 N–H and O–H groups in total. The van der Waals surface area contributed by atoms with E-state index in [0.29, 0.717) is 19.4 Å². The second-order valence-electron chi connectivity index (χ2n) is 6.71. The lowest BCUT2D eigenvalue weighted by molar-refractivity contribution is -0.122. The lowest BCUT2D eigenvalue weighted by Crippen LogP contribution is -2.42. The maximum atomic E-state index is 12.8. The molecule has 5 nitrogen and oxygen atoms in total. The van der Waals surface area contributed by atoms with Crippen LogP contribution in [0.4, 0.5) is 4.39 Å². The van der Waals surface area contributed by atoms with Crippen molar-refractivity contribution in [2.24, 2.45) is 0 Å². The number of hydrogen-bond donors (Lipinski definition) is 2. The van der Waals surface area contributed by atoms with Crippen molar-refractivity contribution >= 4 is 11.8 Å². The molecular formula is C19H28FN3O2. The third kappa shape index (κ3) is 6.12. The van der Waals surface area contributed by atoms with Crippen molar-refractivity contribution in [2.75, 3.05) is 20.6 Å². The van der Waals surface area contributed by atoms with Gasteiger partial charge >= 0.3 is 0 Å². The van der Waals surface area contributed by atoms with Crippen LogP contribution < -0.4 is 10.6 Å². The Morgan fingerprint density at radius 3 is 2.52 bits per heavy atom. The SMILES string of the molecule is CNC(=O)C[C@H]1CC[C@@H](CNC(=O)CCCc2ccc(F)cc2)N1C. The van der Waals surface area contributed by atoms with Gasteiger partial charge in [-0.3, -0.25) is 14.5 Å². The molecule has 1 fully saturated rings. The summed E-state index contributed by atoms with van der Waals surface area (Å²) in [6.07, 6.45) is 4.47. The highest BCUT2D eigenvalue weighted by atomic mass is 19.1. The molecule has 1 aliphatic heterocycles. The van der Waals surface area contributed by atoms with Crippen LogP contribution in [0.5, 0.6) is 0 Å². The molecule has 0 aromatic heterocycles. The topological polar surface area (TPSA) is 61.4 Å². The third-order valence-electron chi connectivity index (χ3n) is 5.00. The van der Waals surface area contributed by atoms with Gasteiger partial charge < -0.3 is 10.6 Å². The summed E-state index contributed by atoms with van der Waals surface area (Å²) in [6, 6.07) is 6.94. The highest BCUT2D eigenvalue weighted by Gasteiger charge is 2.31. The van der Waals surface area contributed by atoms with Gasteiger partial charge in [0.15, 0.2) is 0 Å². The van der Waals surface area contributed by atoms with Gasteiger partial charge in [0.05, 0.1) is 0 Å². The van der Waals surface area contributed by atoms with Crippen molar-refractivity contribution in [3.63, 3.8) is 0 Å². The molecule has 1 aliphatic rings. The van der Waals surface area contributed by atoms with Crippen LogP contribution in [0.3, 0.4) is 0 Å². The van der Waals surface area contributed by atoms with E-state index in [1.165, 1.54) is 12.1 Å². The summed E-state index contributed by atoms with van der Waals surface area (Å²) in [5.74, 6) is -0.135. The molecule has 25 heavy (non-hydrogen) atoms. The molecule has 0 saturated carbocycles. The second kappa shape index (κ2) is 9.51. The Morgan fingerprint density at radius 1 is 1.16 bits per heavy atom. The van der Waals surface area contributed by atoms with Crippen molar-refractivity contribution in [1.29, 1.82) is 0 Å². The number of nitrogens with zero attached hydrogens (tertiary/aromatic N) is 1. The molecule has 0 aliphatic carbocycles. The normalized spacial score (nSPS) is 20.4. The van der Waals surface area contributed by atoms with Gasteiger partial charge in [-0.2, -0.15) is 0 Å². The van der Waals surface area contributed by atoms with Gasteiger partial charge in [-0.05, 0) is 50.4 Å². The molecule has 2 atom stereocenters. The molecular weight excluding hydrogens is 321 g/mol. The quantitative estimate of drug-likeness (QED) is 0.753. The fourth-order valence-electron chi connectivity index (χ4n) is 3.32. The molecule has 2 rings (SSSR count). The minimum atomic E-state index is -0.239. The Bertz CT molecular complexity index is 577. The van der Waals surface area contributed by atoms with Crippen molar-refractivity contribution in [3.8, 4) is 0 Å². The molecule has 0 bridgehead atoms. The minimum Gasteiger partial charge on any atom is -0.359 e. The number of aryl methyl sites for hydroxylation is 1. The number of amides is 2. The zero-order chi connectivity index (χ0) is 18.2. The van der Waals surface area contributed by atoms with Crippen molar-refractivity contribution in [1.82, 2.24) is 15.5 Å². The first-order valence-electron chi connectivity index (χ1n) is 8.93. The molecule has 0 radical (unpaired) electrons. The van der Waals surface area contributed by atoms with E-state index in [2.05, 4.69) is 15.5 Å². The first-order chi connectivity index (χ1) is 12.0. The van der Waals surface area contributed by atoms with Gasteiger partial charge in [-0.15, -0.1) is 0 Å². The molecule has 1 aromatic rings. The Morgan fingerprint density at radius 2 is 1.84 bits per heavy atom. The Kier molecular flexibility index (Phi) is 7.37. The van der Waals surface area contributed by atoms with E-state index < -0.39 is 0 Å². The number of likely N-dealkylation sites (tertiary alicyclic amines) is 1. The maximum Gasteiger partial charge on any atom is 0.221 e. The summed E-state index contributed by atoms with van der Waals surface area (Å²) in [6.45, 7) is 0.621. The lowest BCUT2D eigenvalue weighted by Gasteiger charge is -2.25. The van der Waals surface area contributed by atoms with Crippen molar-refractivity contribution < 1.29 is 14.0 Å². The summed E-state index contributed by atoms with van der Waals surface area (Å²) in [5, 5.41) is 5.66. The monoisotopic (exact) mass is 349 g/mol. The van der Waals surface area contributed by atoms with E-state index in [4.69, 9.17) is 0 Å². The zero-order valence-corrected chi connectivity index (χ0v) is 15.1. The smallest absolute Gasteiger partial charge is 0.221 e. The summed E-state index contributed by atoms with van der Waals surface area (Å²) < 4.78 is 12.8. The summed E-state index contributed by atoms with van der Waals surface area (Å²) in [4.78, 5) is 25.7. The van der Waals surface area contributed by atoms with E-state index in [1.807, 2.05) is 7.05 Å². The lowest BCUT2D eigenvalue weighted by atomic mass is 10.1. The number of likely N-dealkylation sites (N-methyl/N-ethyl adjacent to an activating group) is 1. The third-order valence-corrected chi connectivity index (χ3v) is 5.00. The van der Waals surface area contributed by atoms with E-state index >= 15 is 0 Å². The first-order valence-corrected chi connectivity index (χ1v) is 8.93. The molecule has 1 saturated heterocycles. The Labute approximate surface area is 149 Å². The number of hydrogen-bond acceptors (Lipinski definition) is 3. The zero-order valence-electron chi connectivity index (χ0n) is 15.1. The van der Waals surface area contributed by atoms with Crippen LogP contribution in [0.25, 0.3) is 0 Å². The first kappa shape index (κ1) is 19.4. The van der Waals surface area contributed by atoms with Crippen molar-refractivity contribution in [2.45, 2.75) is 50.6 Å². The van der Waals surface area contributed by atoms with Crippen LogP contribution in [0.15, 0.2) is 24.3 Å². The number of halogens is 1. The van der Waals surface area contributed by atoms with Gasteiger partial charge in [0.25, 0.3) is 0 Å². The molecule has 0 spiro atoms. The number of carbonyl (C=O) groups excluding carboxylic acids is 2. The number of benzene rings is 1. The highest BCUT2D eigenvalue weighted by molar-refractivity contribution is 5.76. The average Bonchev–Trinajstić information content (AvgIpc) is 2.94. The molecule has 138 valence electrons. The predicted octanol–water partition coefficient (Wildman–Crippen LogP) is 1.86. The van der Waals surface area contributed by atoms with Crippen LogP contribution >= 0.6 is 0 Å². The maximum absolute atomic E-state index is 12.8. The van der Waals surface area contributed by atoms with E-state index in [1.54, 1.807) is 19.2 Å². The van der Waals surface area contributed by atoms with Gasteiger partial charge in [0, 0.05) is 38.5 Å². The van der Waals surface area contributed by atoms with Crippen LogP contribution in [0, 0.1) is 5.82 Å². The Balaban J connectivity index is 1.64. The highest BCUT2D eigenvalue weighted by Crippen LogP contribution is 2.24. The molecule has 1 heterocycles. The van der Waals surface area contributed by atoms with Gasteiger partial charge in [-0.25, -0.2) is 4.39 Å². The van der Waals surface area contributed by atoms with E-state index in [9.17, 15) is 14.0 Å². The van der Waals surface area contributed by atoms with Crippen LogP contribution in [0.2, 0.25) is 0 Å². The fraction of sp³-hybridized carbons (Fsp3) is 0.579. The summed E-state index contributed by atoms with van der Waals surface area (Å²) in [5.41, 5.74) is 1.04. The molecule has 6 heteroatoms. The average molecular weight is 349 g/mol. The van der Waals surface area contributed by atoms with Crippen LogP contribution in [-0.2, 0) is 16.0 Å². The number of rotatable bonds is 8. The van der Waals surface area contributed by atoms with Crippen LogP contribution in [0.1, 0.15) is 37.7 Å². The Hall–Kier alpha value is -1.95. The van der Waals surface area contributed by atoms with Gasteiger partial charge in [0.2, 0.25) is 11.8 Å². The standard InChI is InChI=1S/C19H28FN3O2/c1-21-19(25)12-16-10-11-17(23(16)2)13-22-18(24)5-3-4-14-6-8-15(20)9-7-14/h6-9,16-17H,3-5,10-13H2,1-2H3,(H,21,25)(H,22,24)/t16-,17+/m1/s1. The fourth-order valence-corrected chi connectivity index (χ4v) is 3.32. The van der Waals surface area contributed by atoms with E-state index in [-0.39, 0.29) is 29.7 Å². The predicted molar refractivity (Wildman–Crippen MR) is 95.6 cm³/mol. The summed E-state index contributed by atoms with van der Waals surface area (Å²) >= 11 is 0. The minimum absolute atomic E-state index is 0.0465.